The molecule has 1 aliphatic heterocycles. The van der Waals surface area contributed by atoms with E-state index < -0.39 is 30.4 Å². The van der Waals surface area contributed by atoms with Crippen molar-refractivity contribution in [1.82, 2.24) is 0 Å². The van der Waals surface area contributed by atoms with Crippen molar-refractivity contribution in [2.45, 2.75) is 26.7 Å². The molecule has 1 fully saturated rings. The first-order valence-electron chi connectivity index (χ1n) is 11.2. The summed E-state index contributed by atoms with van der Waals surface area (Å²) in [5, 5.41) is 2.64. The van der Waals surface area contributed by atoms with Crippen LogP contribution in [0.15, 0.2) is 48.5 Å². The Morgan fingerprint density at radius 2 is 1.71 bits per heavy atom. The molecule has 0 spiro atoms. The second-order valence-electron chi connectivity index (χ2n) is 7.70. The number of nitrogens with one attached hydrogen (secondary N) is 1. The summed E-state index contributed by atoms with van der Waals surface area (Å²) in [5.74, 6) is -1.75. The summed E-state index contributed by atoms with van der Waals surface area (Å²) in [4.78, 5) is 50.4. The summed E-state index contributed by atoms with van der Waals surface area (Å²) < 4.78 is 15.6. The molecule has 3 rings (SSSR count). The molecule has 0 bridgehead atoms. The third kappa shape index (κ3) is 6.57. The van der Waals surface area contributed by atoms with Gasteiger partial charge in [-0.3, -0.25) is 14.4 Å². The summed E-state index contributed by atoms with van der Waals surface area (Å²) in [6, 6.07) is 13.3. The predicted molar refractivity (Wildman–Crippen MR) is 125 cm³/mol. The summed E-state index contributed by atoms with van der Waals surface area (Å²) in [7, 11) is 0. The van der Waals surface area contributed by atoms with Crippen LogP contribution in [0.1, 0.15) is 37.0 Å². The van der Waals surface area contributed by atoms with Gasteiger partial charge in [0.2, 0.25) is 5.91 Å². The molecule has 1 saturated heterocycles. The van der Waals surface area contributed by atoms with E-state index in [1.54, 1.807) is 48.5 Å². The van der Waals surface area contributed by atoms with Crippen LogP contribution in [0, 0.1) is 5.92 Å². The average molecular weight is 469 g/mol. The van der Waals surface area contributed by atoms with Gasteiger partial charge in [0.05, 0.1) is 24.7 Å². The van der Waals surface area contributed by atoms with Gasteiger partial charge in [-0.25, -0.2) is 4.79 Å². The number of nitrogens with zero attached hydrogens (tertiary/aromatic N) is 1. The van der Waals surface area contributed by atoms with Gasteiger partial charge in [0, 0.05) is 24.3 Å². The molecule has 1 N–H and O–H groups in total. The molecule has 1 aliphatic rings. The lowest BCUT2D eigenvalue weighted by Gasteiger charge is -2.17. The highest BCUT2D eigenvalue weighted by molar-refractivity contribution is 6.00. The molecule has 34 heavy (non-hydrogen) atoms. The zero-order valence-electron chi connectivity index (χ0n) is 19.2. The molecule has 9 nitrogen and oxygen atoms in total. The van der Waals surface area contributed by atoms with Crippen molar-refractivity contribution in [3.8, 4) is 5.75 Å². The number of ether oxygens (including phenoxy) is 3. The zero-order valence-corrected chi connectivity index (χ0v) is 19.2. The molecule has 180 valence electrons. The van der Waals surface area contributed by atoms with Crippen LogP contribution < -0.4 is 15.0 Å². The lowest BCUT2D eigenvalue weighted by Crippen LogP contribution is -2.28. The number of carbonyl (C=O) groups is 4. The van der Waals surface area contributed by atoms with E-state index in [4.69, 9.17) is 14.2 Å². The molecule has 1 heterocycles. The normalized spacial score (nSPS) is 15.1. The van der Waals surface area contributed by atoms with Gasteiger partial charge in [0.15, 0.2) is 6.61 Å². The van der Waals surface area contributed by atoms with Gasteiger partial charge in [0.25, 0.3) is 5.91 Å². The number of hydrogen-bond donors (Lipinski definition) is 1. The van der Waals surface area contributed by atoms with E-state index in [9.17, 15) is 19.2 Å². The molecule has 0 saturated carbocycles. The van der Waals surface area contributed by atoms with Crippen LogP contribution >= 0.6 is 0 Å². The number of esters is 2. The largest absolute Gasteiger partial charge is 0.494 e. The van der Waals surface area contributed by atoms with Crippen LogP contribution in [0.25, 0.3) is 0 Å². The fourth-order valence-corrected chi connectivity index (χ4v) is 3.42. The summed E-state index contributed by atoms with van der Waals surface area (Å²) in [6.45, 7) is 4.35. The molecule has 0 aromatic heterocycles. The molecular formula is C25H28N2O7. The van der Waals surface area contributed by atoms with E-state index in [2.05, 4.69) is 5.32 Å². The Hall–Kier alpha value is -3.88. The third-order valence-electron chi connectivity index (χ3n) is 5.10. The minimum Gasteiger partial charge on any atom is -0.494 e. The van der Waals surface area contributed by atoms with Crippen molar-refractivity contribution >= 4 is 35.1 Å². The second kappa shape index (κ2) is 11.8. The molecule has 0 radical (unpaired) electrons. The Morgan fingerprint density at radius 1 is 1.00 bits per heavy atom. The van der Waals surface area contributed by atoms with Crippen molar-refractivity contribution in [2.24, 2.45) is 5.92 Å². The maximum absolute atomic E-state index is 12.4. The van der Waals surface area contributed by atoms with Crippen molar-refractivity contribution in [1.29, 1.82) is 0 Å². The van der Waals surface area contributed by atoms with Crippen LogP contribution in [0.5, 0.6) is 5.75 Å². The quantitative estimate of drug-likeness (QED) is 0.533. The van der Waals surface area contributed by atoms with Gasteiger partial charge in [-0.1, -0.05) is 6.92 Å². The molecule has 0 aliphatic carbocycles. The maximum Gasteiger partial charge on any atom is 0.338 e. The van der Waals surface area contributed by atoms with Crippen LogP contribution in [-0.2, 0) is 23.9 Å². The van der Waals surface area contributed by atoms with Crippen molar-refractivity contribution in [3.05, 3.63) is 54.1 Å². The molecule has 1 atom stereocenters. The Labute approximate surface area is 198 Å². The number of carbonyl (C=O) groups excluding carboxylic acids is 4. The van der Waals surface area contributed by atoms with Gasteiger partial charge in [-0.2, -0.15) is 0 Å². The van der Waals surface area contributed by atoms with E-state index in [-0.39, 0.29) is 18.9 Å². The second-order valence-corrected chi connectivity index (χ2v) is 7.70. The maximum atomic E-state index is 12.4. The van der Waals surface area contributed by atoms with Crippen molar-refractivity contribution in [2.75, 3.05) is 36.6 Å². The fraction of sp³-hybridized carbons (Fsp3) is 0.360. The van der Waals surface area contributed by atoms with E-state index in [0.29, 0.717) is 35.9 Å². The van der Waals surface area contributed by atoms with Crippen molar-refractivity contribution in [3.63, 3.8) is 0 Å². The molecule has 2 aromatic rings. The minimum absolute atomic E-state index is 0.0142. The summed E-state index contributed by atoms with van der Waals surface area (Å²) in [5.41, 5.74) is 1.51. The lowest BCUT2D eigenvalue weighted by molar-refractivity contribution is -0.151. The highest BCUT2D eigenvalue weighted by Gasteiger charge is 2.36. The lowest BCUT2D eigenvalue weighted by atomic mass is 10.1. The minimum atomic E-state index is -0.681. The number of benzene rings is 2. The average Bonchev–Trinajstić information content (AvgIpc) is 3.24. The van der Waals surface area contributed by atoms with Gasteiger partial charge < -0.3 is 24.4 Å². The number of amides is 2. The Bertz CT molecular complexity index is 1020. The standard InChI is InChI=1S/C25H28N2O7/c1-3-13-33-24(30)17-5-9-20(10-6-17)27-15-18(14-23(27)29)25(31)34-16-22(28)26-19-7-11-21(12-8-19)32-4-2/h5-12,18H,3-4,13-16H2,1-2H3,(H,26,28)/t18-/m1/s1. The summed E-state index contributed by atoms with van der Waals surface area (Å²) >= 11 is 0. The highest BCUT2D eigenvalue weighted by atomic mass is 16.5. The predicted octanol–water partition coefficient (Wildman–Crippen LogP) is 3.19. The van der Waals surface area contributed by atoms with E-state index in [0.717, 1.165) is 6.42 Å². The van der Waals surface area contributed by atoms with E-state index in [1.165, 1.54) is 4.90 Å². The number of hydrogen-bond acceptors (Lipinski definition) is 7. The molecule has 9 heteroatoms. The van der Waals surface area contributed by atoms with Gasteiger partial charge in [-0.15, -0.1) is 0 Å². The van der Waals surface area contributed by atoms with Gasteiger partial charge in [-0.05, 0) is 61.9 Å². The monoisotopic (exact) mass is 468 g/mol. The first kappa shape index (κ1) is 24.8. The SMILES string of the molecule is CCCOC(=O)c1ccc(N2C[C@H](C(=O)OCC(=O)Nc3ccc(OCC)cc3)CC2=O)cc1. The molecule has 2 amide bonds. The smallest absolute Gasteiger partial charge is 0.338 e. The summed E-state index contributed by atoms with van der Waals surface area (Å²) in [6.07, 6.45) is 0.715. The van der Waals surface area contributed by atoms with Gasteiger partial charge >= 0.3 is 11.9 Å². The van der Waals surface area contributed by atoms with Crippen LogP contribution in [0.2, 0.25) is 0 Å². The van der Waals surface area contributed by atoms with E-state index in [1.807, 2.05) is 13.8 Å². The van der Waals surface area contributed by atoms with Crippen LogP contribution in [-0.4, -0.2) is 50.1 Å². The zero-order chi connectivity index (χ0) is 24.5. The van der Waals surface area contributed by atoms with Crippen LogP contribution in [0.3, 0.4) is 0 Å². The fourth-order valence-electron chi connectivity index (χ4n) is 3.42. The Morgan fingerprint density at radius 3 is 2.35 bits per heavy atom. The first-order valence-corrected chi connectivity index (χ1v) is 11.2. The topological polar surface area (TPSA) is 111 Å². The third-order valence-corrected chi connectivity index (χ3v) is 5.10. The van der Waals surface area contributed by atoms with E-state index >= 15 is 0 Å². The Balaban J connectivity index is 1.48. The van der Waals surface area contributed by atoms with Crippen LogP contribution in [0.4, 0.5) is 11.4 Å². The first-order chi connectivity index (χ1) is 16.4. The number of rotatable bonds is 10. The number of anilines is 2. The molecule has 2 aromatic carbocycles. The highest BCUT2D eigenvalue weighted by Crippen LogP contribution is 2.26. The molecule has 0 unspecified atom stereocenters. The molecular weight excluding hydrogens is 440 g/mol. The van der Waals surface area contributed by atoms with Gasteiger partial charge in [0.1, 0.15) is 5.75 Å². The Kier molecular flexibility index (Phi) is 8.61. The van der Waals surface area contributed by atoms with Crippen molar-refractivity contribution < 1.29 is 33.4 Å².